The summed E-state index contributed by atoms with van der Waals surface area (Å²) in [5, 5.41) is 18.3. The van der Waals surface area contributed by atoms with E-state index in [4.69, 9.17) is 0 Å². The Bertz CT molecular complexity index is 1420. The number of hydrogen-bond donors (Lipinski definition) is 2. The van der Waals surface area contributed by atoms with Crippen LogP contribution in [0, 0.1) is 10.1 Å². The summed E-state index contributed by atoms with van der Waals surface area (Å²) in [6.07, 6.45) is 6.56. The molecule has 0 spiro atoms. The third-order valence-corrected chi connectivity index (χ3v) is 7.58. The van der Waals surface area contributed by atoms with Crippen LogP contribution in [0.4, 0.5) is 17.1 Å². The number of benzene rings is 1. The molecule has 1 fully saturated rings. The number of carbonyl (C=O) groups excluding carboxylic acids is 2. The summed E-state index contributed by atoms with van der Waals surface area (Å²) in [5.41, 5.74) is 3.55. The van der Waals surface area contributed by atoms with E-state index in [-0.39, 0.29) is 34.8 Å². The van der Waals surface area contributed by atoms with Crippen molar-refractivity contribution in [1.82, 2.24) is 19.4 Å². The summed E-state index contributed by atoms with van der Waals surface area (Å²) in [7, 11) is 3.70. The lowest BCUT2D eigenvalue weighted by Crippen LogP contribution is -2.45. The molecule has 2 aliphatic heterocycles. The van der Waals surface area contributed by atoms with Gasteiger partial charge in [-0.05, 0) is 36.6 Å². The number of nitro benzene ring substituents is 1. The van der Waals surface area contributed by atoms with Crippen LogP contribution in [-0.2, 0) is 20.1 Å². The Kier molecular flexibility index (Phi) is 7.06. The Morgan fingerprint density at radius 1 is 1.16 bits per heavy atom. The standard InChI is InChI=1S/C26H28BrN7O4/c1-28-20-8-17(11-29-12-20)25(35)32-6-3-4-19(14-32)30-24-21(9-18(27)10-22(24)34(37)38)26(36)33-13-16-5-7-31(2)23(16)15-33/h5,7-12,19,28,30H,3-4,6,13-15H2,1-2H3/t19-/m1/s1. The summed E-state index contributed by atoms with van der Waals surface area (Å²) in [4.78, 5) is 46.0. The van der Waals surface area contributed by atoms with Crippen molar-refractivity contribution in [3.63, 3.8) is 0 Å². The number of aromatic nitrogens is 2. The average molecular weight is 582 g/mol. The molecule has 198 valence electrons. The Morgan fingerprint density at radius 2 is 1.97 bits per heavy atom. The van der Waals surface area contributed by atoms with Crippen LogP contribution in [0.3, 0.4) is 0 Å². The maximum atomic E-state index is 13.7. The van der Waals surface area contributed by atoms with E-state index in [2.05, 4.69) is 31.5 Å². The topological polar surface area (TPSA) is 126 Å². The summed E-state index contributed by atoms with van der Waals surface area (Å²) >= 11 is 3.35. The Balaban J connectivity index is 1.40. The monoisotopic (exact) mass is 581 g/mol. The molecule has 0 aliphatic carbocycles. The quantitative estimate of drug-likeness (QED) is 0.333. The van der Waals surface area contributed by atoms with E-state index >= 15 is 0 Å². The van der Waals surface area contributed by atoms with Gasteiger partial charge in [0.2, 0.25) is 0 Å². The van der Waals surface area contributed by atoms with Crippen molar-refractivity contribution in [2.45, 2.75) is 32.0 Å². The van der Waals surface area contributed by atoms with Crippen LogP contribution in [0.15, 0.2) is 47.3 Å². The Morgan fingerprint density at radius 3 is 2.71 bits per heavy atom. The van der Waals surface area contributed by atoms with Crippen LogP contribution in [0.25, 0.3) is 0 Å². The number of amides is 2. The zero-order chi connectivity index (χ0) is 27.0. The fourth-order valence-corrected chi connectivity index (χ4v) is 5.59. The number of anilines is 2. The molecule has 0 saturated carbocycles. The highest BCUT2D eigenvalue weighted by atomic mass is 79.9. The van der Waals surface area contributed by atoms with Gasteiger partial charge in [0.05, 0.1) is 28.3 Å². The van der Waals surface area contributed by atoms with Gasteiger partial charge in [-0.2, -0.15) is 0 Å². The van der Waals surface area contributed by atoms with Gasteiger partial charge in [0.1, 0.15) is 5.69 Å². The molecule has 2 aliphatic rings. The highest BCUT2D eigenvalue weighted by Crippen LogP contribution is 2.36. The van der Waals surface area contributed by atoms with Crippen LogP contribution in [0.2, 0.25) is 0 Å². The van der Waals surface area contributed by atoms with E-state index in [1.54, 1.807) is 35.2 Å². The lowest BCUT2D eigenvalue weighted by molar-refractivity contribution is -0.384. The zero-order valence-electron chi connectivity index (χ0n) is 21.1. The van der Waals surface area contributed by atoms with Crippen LogP contribution >= 0.6 is 15.9 Å². The van der Waals surface area contributed by atoms with Crippen molar-refractivity contribution in [1.29, 1.82) is 0 Å². The van der Waals surface area contributed by atoms with Gasteiger partial charge in [-0.1, -0.05) is 15.9 Å². The molecule has 1 atom stereocenters. The predicted molar refractivity (Wildman–Crippen MR) is 146 cm³/mol. The SMILES string of the molecule is CNc1cncc(C(=O)N2CCC[C@@H](Nc3c(C(=O)N4Cc5ccn(C)c5C4)cc(Br)cc3[N+](=O)[O-])C2)c1. The number of hydrogen-bond acceptors (Lipinski definition) is 7. The van der Waals surface area contributed by atoms with E-state index in [1.165, 1.54) is 12.3 Å². The van der Waals surface area contributed by atoms with Gasteiger partial charge in [-0.25, -0.2) is 0 Å². The number of likely N-dealkylation sites (tertiary alicyclic amines) is 1. The second-order valence-electron chi connectivity index (χ2n) is 9.61. The second kappa shape index (κ2) is 10.4. The number of nitro groups is 1. The summed E-state index contributed by atoms with van der Waals surface area (Å²) < 4.78 is 2.44. The minimum atomic E-state index is -0.483. The average Bonchev–Trinajstić information content (AvgIpc) is 3.50. The van der Waals surface area contributed by atoms with Gasteiger partial charge >= 0.3 is 0 Å². The van der Waals surface area contributed by atoms with Gasteiger partial charge in [-0.3, -0.25) is 24.7 Å². The normalized spacial score (nSPS) is 16.8. The lowest BCUT2D eigenvalue weighted by Gasteiger charge is -2.34. The molecular formula is C26H28BrN7O4. The molecule has 1 aromatic carbocycles. The van der Waals surface area contributed by atoms with Gasteiger partial charge in [-0.15, -0.1) is 0 Å². The first-order valence-electron chi connectivity index (χ1n) is 12.3. The lowest BCUT2D eigenvalue weighted by atomic mass is 10.0. The molecule has 2 aromatic heterocycles. The number of halogens is 1. The van der Waals surface area contributed by atoms with Crippen molar-refractivity contribution >= 4 is 44.8 Å². The molecule has 1 saturated heterocycles. The molecule has 4 heterocycles. The van der Waals surface area contributed by atoms with Gasteiger partial charge < -0.3 is 25.0 Å². The number of nitrogens with zero attached hydrogens (tertiary/aromatic N) is 5. The predicted octanol–water partition coefficient (Wildman–Crippen LogP) is 4.01. The first kappa shape index (κ1) is 25.7. The fourth-order valence-electron chi connectivity index (χ4n) is 5.14. The Labute approximate surface area is 228 Å². The van der Waals surface area contributed by atoms with E-state index in [0.29, 0.717) is 42.6 Å². The number of nitrogens with one attached hydrogen (secondary N) is 2. The number of piperidine rings is 1. The highest BCUT2D eigenvalue weighted by Gasteiger charge is 2.33. The summed E-state index contributed by atoms with van der Waals surface area (Å²) in [6, 6.07) is 6.49. The van der Waals surface area contributed by atoms with E-state index in [0.717, 1.165) is 23.4 Å². The van der Waals surface area contributed by atoms with Crippen molar-refractivity contribution < 1.29 is 14.5 Å². The minimum Gasteiger partial charge on any atom is -0.387 e. The van der Waals surface area contributed by atoms with Gasteiger partial charge in [0, 0.05) is 74.6 Å². The van der Waals surface area contributed by atoms with E-state index < -0.39 is 4.92 Å². The van der Waals surface area contributed by atoms with Crippen LogP contribution in [0.1, 0.15) is 44.8 Å². The maximum absolute atomic E-state index is 13.7. The molecule has 2 N–H and O–H groups in total. The molecular weight excluding hydrogens is 554 g/mol. The number of pyridine rings is 1. The fraction of sp³-hybridized carbons (Fsp3) is 0.346. The van der Waals surface area contributed by atoms with Gasteiger partial charge in [0.15, 0.2) is 0 Å². The molecule has 38 heavy (non-hydrogen) atoms. The molecule has 0 radical (unpaired) electrons. The second-order valence-corrected chi connectivity index (χ2v) is 10.5. The van der Waals surface area contributed by atoms with Crippen LogP contribution in [-0.4, -0.2) is 62.3 Å². The van der Waals surface area contributed by atoms with Crippen molar-refractivity contribution in [3.05, 3.63) is 79.8 Å². The highest BCUT2D eigenvalue weighted by molar-refractivity contribution is 9.10. The molecule has 11 nitrogen and oxygen atoms in total. The number of rotatable bonds is 6. The number of carbonyl (C=O) groups is 2. The van der Waals surface area contributed by atoms with Crippen LogP contribution < -0.4 is 10.6 Å². The zero-order valence-corrected chi connectivity index (χ0v) is 22.7. The molecule has 12 heteroatoms. The van der Waals surface area contributed by atoms with Crippen molar-refractivity contribution in [3.8, 4) is 0 Å². The summed E-state index contributed by atoms with van der Waals surface area (Å²) in [5.74, 6) is -0.440. The molecule has 3 aromatic rings. The third kappa shape index (κ3) is 4.95. The van der Waals surface area contributed by atoms with Crippen molar-refractivity contribution in [2.75, 3.05) is 30.8 Å². The summed E-state index contributed by atoms with van der Waals surface area (Å²) in [6.45, 7) is 1.79. The van der Waals surface area contributed by atoms with Gasteiger partial charge in [0.25, 0.3) is 17.5 Å². The van der Waals surface area contributed by atoms with E-state index in [1.807, 2.05) is 23.9 Å². The molecule has 2 amide bonds. The third-order valence-electron chi connectivity index (χ3n) is 7.13. The first-order valence-corrected chi connectivity index (χ1v) is 13.1. The molecule has 0 unspecified atom stereocenters. The number of aryl methyl sites for hydroxylation is 1. The molecule has 0 bridgehead atoms. The van der Waals surface area contributed by atoms with Crippen LogP contribution in [0.5, 0.6) is 0 Å². The Hall–Kier alpha value is -3.93. The van der Waals surface area contributed by atoms with Crippen molar-refractivity contribution in [2.24, 2.45) is 7.05 Å². The largest absolute Gasteiger partial charge is 0.387 e. The van der Waals surface area contributed by atoms with E-state index in [9.17, 15) is 19.7 Å². The number of fused-ring (bicyclic) bond motifs is 1. The maximum Gasteiger partial charge on any atom is 0.294 e. The molecule has 5 rings (SSSR count). The first-order chi connectivity index (χ1) is 18.2. The smallest absolute Gasteiger partial charge is 0.294 e. The minimum absolute atomic E-state index is 0.155.